The zero-order chi connectivity index (χ0) is 11.2. The second kappa shape index (κ2) is 6.06. The predicted molar refractivity (Wildman–Crippen MR) is 68.0 cm³/mol. The summed E-state index contributed by atoms with van der Waals surface area (Å²) in [7, 11) is 0. The molecule has 0 saturated carbocycles. The van der Waals surface area contributed by atoms with Gasteiger partial charge in [0.25, 0.3) is 0 Å². The fourth-order valence-corrected chi connectivity index (χ4v) is 2.12. The van der Waals surface area contributed by atoms with Gasteiger partial charge in [0.1, 0.15) is 5.82 Å². The number of nitrogens with one attached hydrogen (secondary N) is 1. The van der Waals surface area contributed by atoms with E-state index in [0.717, 1.165) is 12.4 Å². The van der Waals surface area contributed by atoms with E-state index in [4.69, 9.17) is 11.6 Å². The maximum Gasteiger partial charge on any atom is 0.125 e. The summed E-state index contributed by atoms with van der Waals surface area (Å²) < 4.78 is 0. The van der Waals surface area contributed by atoms with Crippen LogP contribution in [-0.2, 0) is 0 Å². The number of anilines is 1. The molecule has 88 valence electrons. The first-order valence-corrected chi connectivity index (χ1v) is 6.30. The van der Waals surface area contributed by atoms with Gasteiger partial charge in [0.2, 0.25) is 0 Å². The molecular weight excluding hydrogens is 222 g/mol. The van der Waals surface area contributed by atoms with E-state index in [0.29, 0.717) is 5.02 Å². The van der Waals surface area contributed by atoms with Gasteiger partial charge in [0.05, 0.1) is 5.02 Å². The smallest absolute Gasteiger partial charge is 0.125 e. The van der Waals surface area contributed by atoms with Crippen molar-refractivity contribution in [2.45, 2.75) is 19.3 Å². The third kappa shape index (κ3) is 3.65. The van der Waals surface area contributed by atoms with Crippen molar-refractivity contribution in [2.75, 3.05) is 31.5 Å². The summed E-state index contributed by atoms with van der Waals surface area (Å²) in [5, 5.41) is 3.98. The fraction of sp³-hybridized carbons (Fsp3) is 0.583. The molecule has 16 heavy (non-hydrogen) atoms. The molecule has 0 aliphatic carbocycles. The van der Waals surface area contributed by atoms with Gasteiger partial charge in [-0.1, -0.05) is 11.6 Å². The van der Waals surface area contributed by atoms with E-state index in [9.17, 15) is 0 Å². The zero-order valence-electron chi connectivity index (χ0n) is 9.45. The first kappa shape index (κ1) is 11.7. The Labute approximate surface area is 102 Å². The summed E-state index contributed by atoms with van der Waals surface area (Å²) in [6.07, 6.45) is 5.58. The van der Waals surface area contributed by atoms with Crippen LogP contribution in [0.2, 0.25) is 5.02 Å². The third-order valence-electron chi connectivity index (χ3n) is 2.88. The summed E-state index contributed by atoms with van der Waals surface area (Å²) in [6, 6.07) is 3.77. The topological polar surface area (TPSA) is 28.2 Å². The third-order valence-corrected chi connectivity index (χ3v) is 3.11. The molecule has 0 unspecified atom stereocenters. The van der Waals surface area contributed by atoms with Crippen molar-refractivity contribution in [2.24, 2.45) is 0 Å². The molecule has 1 fully saturated rings. The summed E-state index contributed by atoms with van der Waals surface area (Å²) in [4.78, 5) is 6.72. The molecule has 1 aliphatic rings. The number of aromatic nitrogens is 1. The van der Waals surface area contributed by atoms with Crippen LogP contribution in [0.3, 0.4) is 0 Å². The number of pyridine rings is 1. The Morgan fingerprint density at radius 2 is 2.12 bits per heavy atom. The Kier molecular flexibility index (Phi) is 4.43. The number of hydrogen-bond donors (Lipinski definition) is 1. The Morgan fingerprint density at radius 1 is 1.31 bits per heavy atom. The standard InChI is InChI=1S/C12H18ClN3/c13-11-4-5-12(15-10-11)14-6-3-9-16-7-1-2-8-16/h4-5,10H,1-3,6-9H2,(H,14,15). The largest absolute Gasteiger partial charge is 0.370 e. The maximum absolute atomic E-state index is 5.76. The van der Waals surface area contributed by atoms with Crippen LogP contribution in [0.15, 0.2) is 18.3 Å². The molecule has 3 nitrogen and oxygen atoms in total. The molecule has 2 rings (SSSR count). The molecule has 1 aliphatic heterocycles. The van der Waals surface area contributed by atoms with Crippen molar-refractivity contribution >= 4 is 17.4 Å². The van der Waals surface area contributed by atoms with Crippen LogP contribution in [0.4, 0.5) is 5.82 Å². The highest BCUT2D eigenvalue weighted by atomic mass is 35.5. The van der Waals surface area contributed by atoms with Gasteiger partial charge < -0.3 is 10.2 Å². The van der Waals surface area contributed by atoms with Crippen LogP contribution < -0.4 is 5.32 Å². The zero-order valence-corrected chi connectivity index (χ0v) is 10.2. The van der Waals surface area contributed by atoms with Crippen molar-refractivity contribution in [3.63, 3.8) is 0 Å². The molecule has 0 radical (unpaired) electrons. The molecular formula is C12H18ClN3. The minimum absolute atomic E-state index is 0.683. The molecule has 0 atom stereocenters. The second-order valence-electron chi connectivity index (χ2n) is 4.19. The van der Waals surface area contributed by atoms with E-state index in [1.165, 1.54) is 38.9 Å². The Balaban J connectivity index is 1.62. The molecule has 0 aromatic carbocycles. The quantitative estimate of drug-likeness (QED) is 0.801. The molecule has 1 saturated heterocycles. The van der Waals surface area contributed by atoms with Gasteiger partial charge in [0.15, 0.2) is 0 Å². The lowest BCUT2D eigenvalue weighted by molar-refractivity contribution is 0.337. The molecule has 0 bridgehead atoms. The lowest BCUT2D eigenvalue weighted by Crippen LogP contribution is -2.22. The number of rotatable bonds is 5. The molecule has 1 N–H and O–H groups in total. The normalized spacial score (nSPS) is 16.6. The number of nitrogens with zero attached hydrogens (tertiary/aromatic N) is 2. The average molecular weight is 240 g/mol. The van der Waals surface area contributed by atoms with Crippen LogP contribution in [0.5, 0.6) is 0 Å². The van der Waals surface area contributed by atoms with Crippen LogP contribution in [0.1, 0.15) is 19.3 Å². The van der Waals surface area contributed by atoms with Crippen LogP contribution in [0, 0.1) is 0 Å². The van der Waals surface area contributed by atoms with Crippen LogP contribution >= 0.6 is 11.6 Å². The molecule has 2 heterocycles. The van der Waals surface area contributed by atoms with Crippen molar-refractivity contribution in [3.8, 4) is 0 Å². The monoisotopic (exact) mass is 239 g/mol. The van der Waals surface area contributed by atoms with E-state index in [-0.39, 0.29) is 0 Å². The average Bonchev–Trinajstić information content (AvgIpc) is 2.80. The van der Waals surface area contributed by atoms with E-state index < -0.39 is 0 Å². The van der Waals surface area contributed by atoms with Crippen molar-refractivity contribution in [3.05, 3.63) is 23.4 Å². The Hall–Kier alpha value is -0.800. The minimum Gasteiger partial charge on any atom is -0.370 e. The summed E-state index contributed by atoms with van der Waals surface area (Å²) in [6.45, 7) is 4.73. The van der Waals surface area contributed by atoms with Crippen LogP contribution in [-0.4, -0.2) is 36.1 Å². The minimum atomic E-state index is 0.683. The van der Waals surface area contributed by atoms with Gasteiger partial charge in [-0.15, -0.1) is 0 Å². The highest BCUT2D eigenvalue weighted by Gasteiger charge is 2.09. The predicted octanol–water partition coefficient (Wildman–Crippen LogP) is 2.63. The first-order chi connectivity index (χ1) is 7.84. The SMILES string of the molecule is Clc1ccc(NCCCN2CCCC2)nc1. The molecule has 0 amide bonds. The lowest BCUT2D eigenvalue weighted by Gasteiger charge is -2.14. The highest BCUT2D eigenvalue weighted by Crippen LogP contribution is 2.10. The molecule has 1 aromatic heterocycles. The summed E-state index contributed by atoms with van der Waals surface area (Å²) >= 11 is 5.76. The number of likely N-dealkylation sites (tertiary alicyclic amines) is 1. The fourth-order valence-electron chi connectivity index (χ4n) is 2.01. The lowest BCUT2D eigenvalue weighted by atomic mass is 10.4. The van der Waals surface area contributed by atoms with Gasteiger partial charge in [0, 0.05) is 12.7 Å². The first-order valence-electron chi connectivity index (χ1n) is 5.92. The van der Waals surface area contributed by atoms with E-state index in [1.807, 2.05) is 12.1 Å². The van der Waals surface area contributed by atoms with Crippen molar-refractivity contribution in [1.29, 1.82) is 0 Å². The number of hydrogen-bond acceptors (Lipinski definition) is 3. The van der Waals surface area contributed by atoms with Gasteiger partial charge in [-0.2, -0.15) is 0 Å². The van der Waals surface area contributed by atoms with E-state index in [1.54, 1.807) is 6.20 Å². The van der Waals surface area contributed by atoms with E-state index in [2.05, 4.69) is 15.2 Å². The molecule has 0 spiro atoms. The Morgan fingerprint density at radius 3 is 2.81 bits per heavy atom. The van der Waals surface area contributed by atoms with Gasteiger partial charge in [-0.25, -0.2) is 4.98 Å². The summed E-state index contributed by atoms with van der Waals surface area (Å²) in [5.74, 6) is 0.908. The highest BCUT2D eigenvalue weighted by molar-refractivity contribution is 6.30. The van der Waals surface area contributed by atoms with Crippen LogP contribution in [0.25, 0.3) is 0 Å². The Bertz CT molecular complexity index is 307. The van der Waals surface area contributed by atoms with Gasteiger partial charge in [-0.3, -0.25) is 0 Å². The van der Waals surface area contributed by atoms with Crippen molar-refractivity contribution in [1.82, 2.24) is 9.88 Å². The van der Waals surface area contributed by atoms with Gasteiger partial charge in [-0.05, 0) is 51.0 Å². The maximum atomic E-state index is 5.76. The second-order valence-corrected chi connectivity index (χ2v) is 4.63. The van der Waals surface area contributed by atoms with Gasteiger partial charge >= 0.3 is 0 Å². The summed E-state index contributed by atoms with van der Waals surface area (Å²) in [5.41, 5.74) is 0. The van der Waals surface area contributed by atoms with E-state index >= 15 is 0 Å². The van der Waals surface area contributed by atoms with Crippen molar-refractivity contribution < 1.29 is 0 Å². The molecule has 4 heteroatoms. The molecule has 1 aromatic rings. The number of halogens is 1.